The molecule has 94 valence electrons. The second-order valence-corrected chi connectivity index (χ2v) is 3.54. The maximum absolute atomic E-state index is 13.3. The number of halogens is 3. The fourth-order valence-corrected chi connectivity index (χ4v) is 1.33. The molecule has 4 nitrogen and oxygen atoms in total. The molecular formula is C10H11ClF2N2O2. The van der Waals surface area contributed by atoms with Crippen molar-refractivity contribution in [2.24, 2.45) is 5.73 Å². The number of nitrogens with one attached hydrogen (secondary N) is 1. The molecule has 0 heterocycles. The van der Waals surface area contributed by atoms with Gasteiger partial charge in [-0.25, -0.2) is 8.78 Å². The number of rotatable bonds is 5. The number of hydrogen-bond acceptors (Lipinski definition) is 3. The van der Waals surface area contributed by atoms with Crippen LogP contribution in [0.2, 0.25) is 5.02 Å². The lowest BCUT2D eigenvalue weighted by molar-refractivity contribution is -0.120. The fourth-order valence-electron chi connectivity index (χ4n) is 1.09. The van der Waals surface area contributed by atoms with Gasteiger partial charge in [0.25, 0.3) is 0 Å². The summed E-state index contributed by atoms with van der Waals surface area (Å²) in [7, 11) is 0. The minimum atomic E-state index is -0.942. The molecule has 1 amide bonds. The molecule has 0 aliphatic heterocycles. The molecule has 1 rings (SSSR count). The number of anilines is 1. The van der Waals surface area contributed by atoms with E-state index in [1.807, 2.05) is 0 Å². The Hall–Kier alpha value is -1.24. The Morgan fingerprint density at radius 3 is 2.76 bits per heavy atom. The smallest absolute Gasteiger partial charge is 0.250 e. The Balaban J connectivity index is 2.65. The van der Waals surface area contributed by atoms with Crippen LogP contribution in [0.3, 0.4) is 0 Å². The van der Waals surface area contributed by atoms with Gasteiger partial charge in [-0.1, -0.05) is 11.6 Å². The summed E-state index contributed by atoms with van der Waals surface area (Å²) < 4.78 is 30.8. The van der Waals surface area contributed by atoms with Gasteiger partial charge in [-0.15, -0.1) is 0 Å². The van der Waals surface area contributed by atoms with Gasteiger partial charge in [0.05, 0.1) is 17.3 Å². The first-order valence-corrected chi connectivity index (χ1v) is 5.14. The summed E-state index contributed by atoms with van der Waals surface area (Å²) in [6, 6.07) is 1.53. The van der Waals surface area contributed by atoms with Crippen LogP contribution in [0.5, 0.6) is 0 Å². The van der Waals surface area contributed by atoms with E-state index in [1.54, 1.807) is 0 Å². The van der Waals surface area contributed by atoms with Crippen LogP contribution in [0.25, 0.3) is 0 Å². The third-order valence-electron chi connectivity index (χ3n) is 1.77. The van der Waals surface area contributed by atoms with Crippen LogP contribution < -0.4 is 11.1 Å². The third kappa shape index (κ3) is 4.26. The molecular weight excluding hydrogens is 254 g/mol. The highest BCUT2D eigenvalue weighted by molar-refractivity contribution is 6.33. The van der Waals surface area contributed by atoms with E-state index in [-0.39, 0.29) is 30.5 Å². The Bertz CT molecular complexity index is 392. The monoisotopic (exact) mass is 264 g/mol. The summed E-state index contributed by atoms with van der Waals surface area (Å²) in [5, 5.41) is 1.97. The standard InChI is InChI=1S/C10H11ClF2N2O2/c11-7-3-6(12)4-8(13)10(7)15-9(16)5-17-2-1-14/h3-4H,1-2,5,14H2,(H,15,16). The third-order valence-corrected chi connectivity index (χ3v) is 2.06. The minimum Gasteiger partial charge on any atom is -0.370 e. The molecule has 0 spiro atoms. The summed E-state index contributed by atoms with van der Waals surface area (Å²) in [5.74, 6) is -2.35. The zero-order valence-electron chi connectivity index (χ0n) is 8.80. The zero-order valence-corrected chi connectivity index (χ0v) is 9.56. The van der Waals surface area contributed by atoms with Gasteiger partial charge in [-0.05, 0) is 6.07 Å². The second-order valence-electron chi connectivity index (χ2n) is 3.13. The summed E-state index contributed by atoms with van der Waals surface area (Å²) in [6.45, 7) is 0.219. The van der Waals surface area contributed by atoms with Crippen LogP contribution in [0.15, 0.2) is 12.1 Å². The maximum Gasteiger partial charge on any atom is 0.250 e. The van der Waals surface area contributed by atoms with E-state index in [9.17, 15) is 13.6 Å². The normalized spacial score (nSPS) is 10.4. The first-order chi connectivity index (χ1) is 8.04. The van der Waals surface area contributed by atoms with Gasteiger partial charge in [-0.3, -0.25) is 4.79 Å². The van der Waals surface area contributed by atoms with Gasteiger partial charge >= 0.3 is 0 Å². The highest BCUT2D eigenvalue weighted by Crippen LogP contribution is 2.26. The lowest BCUT2D eigenvalue weighted by atomic mass is 10.3. The van der Waals surface area contributed by atoms with Crippen LogP contribution in [-0.2, 0) is 9.53 Å². The molecule has 0 atom stereocenters. The van der Waals surface area contributed by atoms with E-state index in [0.717, 1.165) is 6.07 Å². The SMILES string of the molecule is NCCOCC(=O)Nc1c(F)cc(F)cc1Cl. The second kappa shape index (κ2) is 6.48. The molecule has 0 saturated heterocycles. The van der Waals surface area contributed by atoms with Crippen molar-refractivity contribution in [3.63, 3.8) is 0 Å². The molecule has 0 saturated carbocycles. The van der Waals surface area contributed by atoms with Crippen LogP contribution in [0, 0.1) is 11.6 Å². The summed E-state index contributed by atoms with van der Waals surface area (Å²) in [4.78, 5) is 11.3. The van der Waals surface area contributed by atoms with Crippen molar-refractivity contribution in [2.45, 2.75) is 0 Å². The molecule has 0 aliphatic carbocycles. The molecule has 0 aliphatic rings. The highest BCUT2D eigenvalue weighted by Gasteiger charge is 2.12. The van der Waals surface area contributed by atoms with E-state index in [4.69, 9.17) is 22.1 Å². The lowest BCUT2D eigenvalue weighted by Crippen LogP contribution is -2.21. The minimum absolute atomic E-state index is 0.213. The molecule has 0 unspecified atom stereocenters. The first-order valence-electron chi connectivity index (χ1n) is 4.76. The van der Waals surface area contributed by atoms with E-state index in [0.29, 0.717) is 6.07 Å². The van der Waals surface area contributed by atoms with Crippen LogP contribution in [0.1, 0.15) is 0 Å². The van der Waals surface area contributed by atoms with Gasteiger partial charge in [0.15, 0.2) is 5.82 Å². The Morgan fingerprint density at radius 1 is 1.47 bits per heavy atom. The largest absolute Gasteiger partial charge is 0.370 e. The van der Waals surface area contributed by atoms with Crippen molar-refractivity contribution in [3.05, 3.63) is 28.8 Å². The molecule has 0 radical (unpaired) electrons. The molecule has 0 fully saturated rings. The Labute approximate surface area is 102 Å². The van der Waals surface area contributed by atoms with E-state index in [1.165, 1.54) is 0 Å². The van der Waals surface area contributed by atoms with E-state index < -0.39 is 17.5 Å². The molecule has 0 aromatic heterocycles. The zero-order chi connectivity index (χ0) is 12.8. The number of carbonyl (C=O) groups excluding carboxylic acids is 1. The van der Waals surface area contributed by atoms with Crippen LogP contribution in [0.4, 0.5) is 14.5 Å². The summed E-state index contributed by atoms with van der Waals surface area (Å²) in [6.07, 6.45) is 0. The number of amides is 1. The highest BCUT2D eigenvalue weighted by atomic mass is 35.5. The van der Waals surface area contributed by atoms with Crippen molar-refractivity contribution >= 4 is 23.2 Å². The van der Waals surface area contributed by atoms with E-state index >= 15 is 0 Å². The molecule has 7 heteroatoms. The first kappa shape index (κ1) is 13.8. The predicted octanol–water partition coefficient (Wildman–Crippen LogP) is 1.53. The van der Waals surface area contributed by atoms with Crippen LogP contribution in [-0.4, -0.2) is 25.7 Å². The van der Waals surface area contributed by atoms with Crippen LogP contribution >= 0.6 is 11.6 Å². The quantitative estimate of drug-likeness (QED) is 0.793. The predicted molar refractivity (Wildman–Crippen MR) is 59.9 cm³/mol. The molecule has 0 bridgehead atoms. The molecule has 1 aromatic carbocycles. The number of nitrogens with two attached hydrogens (primary N) is 1. The molecule has 1 aromatic rings. The van der Waals surface area contributed by atoms with Gasteiger partial charge in [0.1, 0.15) is 12.4 Å². The average Bonchev–Trinajstić information content (AvgIpc) is 2.24. The Kier molecular flexibility index (Phi) is 5.27. The lowest BCUT2D eigenvalue weighted by Gasteiger charge is -2.08. The van der Waals surface area contributed by atoms with Crippen molar-refractivity contribution in [1.82, 2.24) is 0 Å². The number of carbonyl (C=O) groups is 1. The Morgan fingerprint density at radius 2 is 2.18 bits per heavy atom. The maximum atomic E-state index is 13.3. The van der Waals surface area contributed by atoms with Gasteiger partial charge < -0.3 is 15.8 Å². The topological polar surface area (TPSA) is 64.3 Å². The van der Waals surface area contributed by atoms with Crippen molar-refractivity contribution in [3.8, 4) is 0 Å². The summed E-state index contributed by atoms with van der Waals surface area (Å²) in [5.41, 5.74) is 4.88. The number of benzene rings is 1. The van der Waals surface area contributed by atoms with Crippen molar-refractivity contribution in [1.29, 1.82) is 0 Å². The summed E-state index contributed by atoms with van der Waals surface area (Å²) >= 11 is 5.58. The van der Waals surface area contributed by atoms with Gasteiger partial charge in [0, 0.05) is 12.6 Å². The average molecular weight is 265 g/mol. The molecule has 17 heavy (non-hydrogen) atoms. The van der Waals surface area contributed by atoms with E-state index in [2.05, 4.69) is 5.32 Å². The van der Waals surface area contributed by atoms with Crippen molar-refractivity contribution in [2.75, 3.05) is 25.1 Å². The van der Waals surface area contributed by atoms with Crippen molar-refractivity contribution < 1.29 is 18.3 Å². The molecule has 3 N–H and O–H groups in total. The fraction of sp³-hybridized carbons (Fsp3) is 0.300. The van der Waals surface area contributed by atoms with Gasteiger partial charge in [-0.2, -0.15) is 0 Å². The number of ether oxygens (including phenoxy) is 1. The van der Waals surface area contributed by atoms with Gasteiger partial charge in [0.2, 0.25) is 5.91 Å². The number of hydrogen-bond donors (Lipinski definition) is 2.